The predicted molar refractivity (Wildman–Crippen MR) is 133 cm³/mol. The van der Waals surface area contributed by atoms with Crippen molar-refractivity contribution in [3.8, 4) is 5.88 Å². The summed E-state index contributed by atoms with van der Waals surface area (Å²) in [6, 6.07) is 14.3. The van der Waals surface area contributed by atoms with Crippen molar-refractivity contribution in [2.24, 2.45) is 0 Å². The van der Waals surface area contributed by atoms with Crippen molar-refractivity contribution in [2.45, 2.75) is 41.1 Å². The summed E-state index contributed by atoms with van der Waals surface area (Å²) in [5.74, 6) is -0.516. The van der Waals surface area contributed by atoms with Crippen molar-refractivity contribution in [3.63, 3.8) is 0 Å². The average molecular weight is 529 g/mol. The number of thioether (sulfide) groups is 1. The molecule has 2 fully saturated rings. The monoisotopic (exact) mass is 528 g/mol. The molecule has 0 aliphatic carbocycles. The number of ketones is 1. The van der Waals surface area contributed by atoms with Crippen LogP contribution in [-0.2, 0) is 24.7 Å². The van der Waals surface area contributed by atoms with Gasteiger partial charge in [-0.05, 0) is 47.0 Å². The molecule has 2 saturated heterocycles. The number of halogens is 1. The number of hydrogen-bond donors (Lipinski definition) is 1. The van der Waals surface area contributed by atoms with E-state index < -0.39 is 16.7 Å². The topological polar surface area (TPSA) is 94.6 Å². The van der Waals surface area contributed by atoms with Crippen molar-refractivity contribution in [1.82, 2.24) is 10.3 Å². The third-order valence-electron chi connectivity index (χ3n) is 5.95. The Labute approximate surface area is 215 Å². The van der Waals surface area contributed by atoms with Gasteiger partial charge >= 0.3 is 5.97 Å². The number of ether oxygens (including phenoxy) is 2. The van der Waals surface area contributed by atoms with Gasteiger partial charge in [0.05, 0.1) is 10.7 Å². The Bertz CT molecular complexity index is 1250. The maximum absolute atomic E-state index is 13.4. The Morgan fingerprint density at radius 3 is 2.74 bits per heavy atom. The highest BCUT2D eigenvalue weighted by Gasteiger charge is 2.48. The van der Waals surface area contributed by atoms with Gasteiger partial charge in [0.25, 0.3) is 0 Å². The molecule has 0 radical (unpaired) electrons. The number of aromatic nitrogens is 1. The Balaban J connectivity index is 1.41. The summed E-state index contributed by atoms with van der Waals surface area (Å²) in [5, 5.41) is 6.47. The molecule has 0 saturated carbocycles. The van der Waals surface area contributed by atoms with Gasteiger partial charge in [-0.15, -0.1) is 11.8 Å². The van der Waals surface area contributed by atoms with Crippen molar-refractivity contribution in [2.75, 3.05) is 6.61 Å². The van der Waals surface area contributed by atoms with E-state index in [-0.39, 0.29) is 30.9 Å². The number of carbonyl (C=O) groups excluding carboxylic acids is 3. The fraction of sp³-hybridized carbons (Fsp3) is 0.280. The number of amides is 1. The number of carbonyl (C=O) groups is 3. The van der Waals surface area contributed by atoms with Crippen LogP contribution in [0, 0.1) is 0 Å². The Morgan fingerprint density at radius 1 is 1.17 bits per heavy atom. The van der Waals surface area contributed by atoms with Gasteiger partial charge in [-0.3, -0.25) is 14.4 Å². The summed E-state index contributed by atoms with van der Waals surface area (Å²) in [6.45, 7) is 0.190. The second-order valence-electron chi connectivity index (χ2n) is 8.30. The SMILES string of the molecule is O=C1CCC(COc2cccc(C3(c4ccsc4)CC(=O)C(Sc4ccccc4Cl)C(=O)N3)n2)O1. The number of esters is 1. The van der Waals surface area contributed by atoms with Crippen LogP contribution in [0.3, 0.4) is 0 Å². The Hall–Kier alpha value is -2.88. The fourth-order valence-corrected chi connectivity index (χ4v) is 6.17. The maximum Gasteiger partial charge on any atom is 0.306 e. The highest BCUT2D eigenvalue weighted by Crippen LogP contribution is 2.41. The van der Waals surface area contributed by atoms with Crippen LogP contribution in [0.5, 0.6) is 5.88 Å². The summed E-state index contributed by atoms with van der Waals surface area (Å²) in [4.78, 5) is 43.4. The van der Waals surface area contributed by atoms with Gasteiger partial charge in [0.15, 0.2) is 5.78 Å². The van der Waals surface area contributed by atoms with Gasteiger partial charge < -0.3 is 14.8 Å². The first-order valence-electron chi connectivity index (χ1n) is 11.0. The molecule has 2 aromatic heterocycles. The van der Waals surface area contributed by atoms with Crippen LogP contribution in [0.2, 0.25) is 5.02 Å². The Kier molecular flexibility index (Phi) is 6.82. The number of rotatable bonds is 7. The zero-order chi connectivity index (χ0) is 24.4. The molecule has 3 aromatic rings. The number of pyridine rings is 1. The van der Waals surface area contributed by atoms with E-state index in [1.165, 1.54) is 11.3 Å². The molecular weight excluding hydrogens is 508 g/mol. The molecule has 35 heavy (non-hydrogen) atoms. The Morgan fingerprint density at radius 2 is 2.03 bits per heavy atom. The lowest BCUT2D eigenvalue weighted by Gasteiger charge is -2.39. The van der Waals surface area contributed by atoms with Crippen LogP contribution in [0.1, 0.15) is 30.5 Å². The van der Waals surface area contributed by atoms with Gasteiger partial charge in [-0.1, -0.05) is 29.8 Å². The number of nitrogens with one attached hydrogen (secondary N) is 1. The average Bonchev–Trinajstić information content (AvgIpc) is 3.54. The molecule has 1 aromatic carbocycles. The largest absolute Gasteiger partial charge is 0.474 e. The first kappa shape index (κ1) is 23.8. The number of thiophene rings is 1. The van der Waals surface area contributed by atoms with E-state index in [4.69, 9.17) is 21.1 Å². The number of benzene rings is 1. The van der Waals surface area contributed by atoms with Crippen LogP contribution in [0.4, 0.5) is 0 Å². The molecule has 2 aliphatic heterocycles. The number of hydrogen-bond acceptors (Lipinski definition) is 8. The lowest BCUT2D eigenvalue weighted by molar-refractivity contribution is -0.142. The molecule has 0 bridgehead atoms. The quantitative estimate of drug-likeness (QED) is 0.359. The van der Waals surface area contributed by atoms with Crippen molar-refractivity contribution < 1.29 is 23.9 Å². The lowest BCUT2D eigenvalue weighted by Crippen LogP contribution is -2.58. The van der Waals surface area contributed by atoms with Gasteiger partial charge in [0.2, 0.25) is 11.8 Å². The minimum absolute atomic E-state index is 0.0360. The van der Waals surface area contributed by atoms with Crippen molar-refractivity contribution in [1.29, 1.82) is 0 Å². The third kappa shape index (κ3) is 4.94. The highest BCUT2D eigenvalue weighted by atomic mass is 35.5. The number of cyclic esters (lactones) is 1. The molecule has 180 valence electrons. The van der Waals surface area contributed by atoms with Gasteiger partial charge in [0.1, 0.15) is 23.5 Å². The number of Topliss-reactive ketones (excluding diaryl/α,β-unsaturated/α-hetero) is 1. The maximum atomic E-state index is 13.4. The van der Waals surface area contributed by atoms with Gasteiger partial charge in [0, 0.05) is 23.8 Å². The van der Waals surface area contributed by atoms with Crippen LogP contribution in [0.15, 0.2) is 64.2 Å². The zero-order valence-corrected chi connectivity index (χ0v) is 20.8. The van der Waals surface area contributed by atoms with Gasteiger partial charge in [-0.25, -0.2) is 4.98 Å². The smallest absolute Gasteiger partial charge is 0.306 e. The highest BCUT2D eigenvalue weighted by molar-refractivity contribution is 8.01. The summed E-state index contributed by atoms with van der Waals surface area (Å²) < 4.78 is 11.0. The molecule has 0 spiro atoms. The van der Waals surface area contributed by atoms with E-state index >= 15 is 0 Å². The molecule has 3 atom stereocenters. The minimum atomic E-state index is -1.12. The third-order valence-corrected chi connectivity index (χ3v) is 8.40. The summed E-state index contributed by atoms with van der Waals surface area (Å²) in [5.41, 5.74) is 0.157. The van der Waals surface area contributed by atoms with Crippen LogP contribution >= 0.6 is 34.7 Å². The van der Waals surface area contributed by atoms with Gasteiger partial charge in [-0.2, -0.15) is 11.3 Å². The molecule has 5 rings (SSSR count). The van der Waals surface area contributed by atoms with Crippen LogP contribution < -0.4 is 10.1 Å². The van der Waals surface area contributed by atoms with Crippen LogP contribution in [0.25, 0.3) is 0 Å². The summed E-state index contributed by atoms with van der Waals surface area (Å²) in [7, 11) is 0. The zero-order valence-electron chi connectivity index (χ0n) is 18.4. The van der Waals surface area contributed by atoms with E-state index in [0.717, 1.165) is 17.3 Å². The molecule has 3 unspecified atom stereocenters. The molecule has 10 heteroatoms. The van der Waals surface area contributed by atoms with Crippen molar-refractivity contribution in [3.05, 3.63) is 75.6 Å². The normalized spacial score (nSPS) is 24.2. The second kappa shape index (κ2) is 10.0. The summed E-state index contributed by atoms with van der Waals surface area (Å²) >= 11 is 8.88. The van der Waals surface area contributed by atoms with E-state index in [9.17, 15) is 14.4 Å². The number of nitrogens with zero attached hydrogens (tertiary/aromatic N) is 1. The molecule has 7 nitrogen and oxygen atoms in total. The van der Waals surface area contributed by atoms with Crippen LogP contribution in [-0.4, -0.2) is 40.6 Å². The first-order chi connectivity index (χ1) is 16.9. The van der Waals surface area contributed by atoms with E-state index in [0.29, 0.717) is 34.3 Å². The van der Waals surface area contributed by atoms with E-state index in [1.807, 2.05) is 22.9 Å². The molecule has 1 amide bonds. The van der Waals surface area contributed by atoms with Crippen molar-refractivity contribution >= 4 is 52.4 Å². The standard InChI is InChI=1S/C25H21ClN2O5S2/c26-17-4-1-2-5-19(17)35-23-18(29)12-25(28-24(23)31,15-10-11-34-14-15)20-6-3-7-21(27-20)32-13-16-8-9-22(30)33-16/h1-7,10-11,14,16,23H,8-9,12-13H2,(H,28,31). The second-order valence-corrected chi connectivity index (χ2v) is 10.6. The molecular formula is C25H21ClN2O5S2. The minimum Gasteiger partial charge on any atom is -0.474 e. The van der Waals surface area contributed by atoms with E-state index in [1.54, 1.807) is 36.4 Å². The molecule has 2 aliphatic rings. The predicted octanol–water partition coefficient (Wildman–Crippen LogP) is 4.37. The summed E-state index contributed by atoms with van der Waals surface area (Å²) in [6.07, 6.45) is 0.711. The molecule has 1 N–H and O–H groups in total. The lowest BCUT2D eigenvalue weighted by atomic mass is 9.79. The number of piperidine rings is 1. The van der Waals surface area contributed by atoms with E-state index in [2.05, 4.69) is 10.3 Å². The molecule has 4 heterocycles. The first-order valence-corrected chi connectivity index (χ1v) is 13.2. The fourth-order valence-electron chi connectivity index (χ4n) is 4.20.